The summed E-state index contributed by atoms with van der Waals surface area (Å²) < 4.78 is 6.00. The van der Waals surface area contributed by atoms with Gasteiger partial charge in [0.2, 0.25) is 5.91 Å². The molecule has 1 unspecified atom stereocenters. The highest BCUT2D eigenvalue weighted by Crippen LogP contribution is 2.42. The molecule has 1 aliphatic rings. The van der Waals surface area contributed by atoms with Crippen LogP contribution in [0.3, 0.4) is 0 Å². The lowest BCUT2D eigenvalue weighted by Gasteiger charge is -2.30. The number of thiophene rings is 1. The zero-order chi connectivity index (χ0) is 23.8. The van der Waals surface area contributed by atoms with Crippen LogP contribution < -0.4 is 10.1 Å². The quantitative estimate of drug-likeness (QED) is 0.367. The Morgan fingerprint density at radius 1 is 1.24 bits per heavy atom. The molecule has 0 bridgehead atoms. The summed E-state index contributed by atoms with van der Waals surface area (Å²) in [5.41, 5.74) is 4.08. The van der Waals surface area contributed by atoms with Gasteiger partial charge in [-0.1, -0.05) is 13.5 Å². The maximum absolute atomic E-state index is 12.2. The summed E-state index contributed by atoms with van der Waals surface area (Å²) in [7, 11) is 0. The minimum absolute atomic E-state index is 0.0430. The highest BCUT2D eigenvalue weighted by atomic mass is 32.1. The van der Waals surface area contributed by atoms with Crippen molar-refractivity contribution in [2.75, 3.05) is 11.9 Å². The van der Waals surface area contributed by atoms with Gasteiger partial charge in [-0.3, -0.25) is 9.78 Å². The van der Waals surface area contributed by atoms with Gasteiger partial charge < -0.3 is 15.0 Å². The van der Waals surface area contributed by atoms with Crippen molar-refractivity contribution >= 4 is 39.0 Å². The average molecular weight is 472 g/mol. The second-order valence-electron chi connectivity index (χ2n) is 8.51. The highest BCUT2D eigenvalue weighted by Gasteiger charge is 2.30. The van der Waals surface area contributed by atoms with E-state index in [1.807, 2.05) is 49.1 Å². The number of pyridine rings is 1. The number of hydrogen-bond acceptors (Lipinski definition) is 7. The van der Waals surface area contributed by atoms with Crippen molar-refractivity contribution in [2.45, 2.75) is 33.2 Å². The van der Waals surface area contributed by atoms with Crippen LogP contribution in [0.1, 0.15) is 34.5 Å². The lowest BCUT2D eigenvalue weighted by molar-refractivity contribution is -0.127. The predicted molar refractivity (Wildman–Crippen MR) is 135 cm³/mol. The number of aryl methyl sites for hydroxylation is 2. The molecule has 4 aromatic rings. The summed E-state index contributed by atoms with van der Waals surface area (Å²) in [5, 5.41) is 4.51. The van der Waals surface area contributed by atoms with E-state index in [0.717, 1.165) is 43.6 Å². The molecule has 7 nitrogen and oxygen atoms in total. The molecule has 3 aromatic heterocycles. The van der Waals surface area contributed by atoms with Crippen LogP contribution in [0.4, 0.5) is 11.5 Å². The van der Waals surface area contributed by atoms with E-state index in [1.54, 1.807) is 23.9 Å². The number of aromatic nitrogens is 3. The smallest absolute Gasteiger partial charge is 0.246 e. The largest absolute Gasteiger partial charge is 0.455 e. The third-order valence-corrected chi connectivity index (χ3v) is 7.06. The van der Waals surface area contributed by atoms with E-state index in [2.05, 4.69) is 33.8 Å². The molecule has 1 amide bonds. The number of nitrogens with zero attached hydrogens (tertiary/aromatic N) is 4. The number of hydrogen-bond donors (Lipinski definition) is 1. The lowest BCUT2D eigenvalue weighted by atomic mass is 9.94. The first-order chi connectivity index (χ1) is 16.4. The van der Waals surface area contributed by atoms with Crippen molar-refractivity contribution in [2.24, 2.45) is 0 Å². The van der Waals surface area contributed by atoms with Gasteiger partial charge in [0.15, 0.2) is 0 Å². The van der Waals surface area contributed by atoms with E-state index in [1.165, 1.54) is 11.6 Å². The minimum atomic E-state index is -0.0430. The number of carbonyl (C=O) groups is 1. The molecule has 172 valence electrons. The average Bonchev–Trinajstić information content (AvgIpc) is 3.21. The molecule has 4 heterocycles. The van der Waals surface area contributed by atoms with Crippen molar-refractivity contribution in [1.29, 1.82) is 0 Å². The van der Waals surface area contributed by atoms with E-state index in [-0.39, 0.29) is 11.8 Å². The number of ether oxygens (including phenoxy) is 1. The molecule has 0 spiro atoms. The minimum Gasteiger partial charge on any atom is -0.455 e. The number of benzene rings is 1. The molecule has 1 atom stereocenters. The Hall–Kier alpha value is -3.78. The van der Waals surface area contributed by atoms with Crippen molar-refractivity contribution in [1.82, 2.24) is 19.9 Å². The number of nitrogens with one attached hydrogen (secondary N) is 1. The van der Waals surface area contributed by atoms with E-state index in [0.29, 0.717) is 18.8 Å². The van der Waals surface area contributed by atoms with Gasteiger partial charge >= 0.3 is 0 Å². The van der Waals surface area contributed by atoms with Crippen molar-refractivity contribution in [3.05, 3.63) is 77.2 Å². The molecule has 0 radical (unpaired) electrons. The predicted octanol–water partition coefficient (Wildman–Crippen LogP) is 5.87. The fraction of sp³-hybridized carbons (Fsp3) is 0.231. The van der Waals surface area contributed by atoms with Gasteiger partial charge in [0.1, 0.15) is 28.5 Å². The molecule has 34 heavy (non-hydrogen) atoms. The Morgan fingerprint density at radius 3 is 2.82 bits per heavy atom. The van der Waals surface area contributed by atoms with Crippen LogP contribution in [-0.4, -0.2) is 32.3 Å². The SMILES string of the molecule is C=CC(=O)N1Cc2sc3ncnc(Nc4ccc(Oc5ccc(C)nc5)c(C)c4)c3c2C(C)C1. The zero-order valence-corrected chi connectivity index (χ0v) is 20.1. The molecule has 0 saturated heterocycles. The number of carbonyl (C=O) groups excluding carboxylic acids is 1. The van der Waals surface area contributed by atoms with Crippen molar-refractivity contribution in [3.63, 3.8) is 0 Å². The molecule has 8 heteroatoms. The first-order valence-electron chi connectivity index (χ1n) is 11.1. The molecule has 1 N–H and O–H groups in total. The molecule has 1 aromatic carbocycles. The van der Waals surface area contributed by atoms with Crippen LogP contribution >= 0.6 is 11.3 Å². The Kier molecular flexibility index (Phi) is 5.75. The van der Waals surface area contributed by atoms with E-state index >= 15 is 0 Å². The van der Waals surface area contributed by atoms with Crippen LogP contribution in [0.15, 0.2) is 55.5 Å². The van der Waals surface area contributed by atoms with Crippen LogP contribution in [0.2, 0.25) is 0 Å². The summed E-state index contributed by atoms with van der Waals surface area (Å²) in [5.74, 6) is 2.38. The number of anilines is 2. The summed E-state index contributed by atoms with van der Waals surface area (Å²) >= 11 is 1.62. The Balaban J connectivity index is 1.44. The van der Waals surface area contributed by atoms with Gasteiger partial charge in [-0.25, -0.2) is 9.97 Å². The van der Waals surface area contributed by atoms with Gasteiger partial charge in [0.05, 0.1) is 18.1 Å². The summed E-state index contributed by atoms with van der Waals surface area (Å²) in [6.45, 7) is 10.9. The maximum atomic E-state index is 12.2. The van der Waals surface area contributed by atoms with Gasteiger partial charge in [-0.2, -0.15) is 0 Å². The molecule has 0 saturated carbocycles. The first-order valence-corrected chi connectivity index (χ1v) is 11.9. The van der Waals surface area contributed by atoms with Crippen molar-refractivity contribution in [3.8, 4) is 11.5 Å². The van der Waals surface area contributed by atoms with E-state index in [4.69, 9.17) is 4.74 Å². The Morgan fingerprint density at radius 2 is 2.09 bits per heavy atom. The third-order valence-electron chi connectivity index (χ3n) is 5.96. The van der Waals surface area contributed by atoms with Crippen molar-refractivity contribution < 1.29 is 9.53 Å². The third kappa shape index (κ3) is 4.12. The second kappa shape index (κ2) is 8.87. The standard InChI is InChI=1S/C26H25N5O2S/c1-5-22(32)31-12-16(3)23-21(13-31)34-26-24(23)25(28-14-29-26)30-18-7-9-20(15(2)10-18)33-19-8-6-17(4)27-11-19/h5-11,14,16H,1,12-13H2,2-4H3,(H,28,29,30). The molecular formula is C26H25N5O2S. The van der Waals surface area contributed by atoms with E-state index in [9.17, 15) is 4.79 Å². The zero-order valence-electron chi connectivity index (χ0n) is 19.3. The Labute approximate surface area is 202 Å². The lowest BCUT2D eigenvalue weighted by Crippen LogP contribution is -2.35. The summed E-state index contributed by atoms with van der Waals surface area (Å²) in [6.07, 6.45) is 4.69. The molecule has 1 aliphatic heterocycles. The second-order valence-corrected chi connectivity index (χ2v) is 9.59. The molecular weight excluding hydrogens is 446 g/mol. The fourth-order valence-corrected chi connectivity index (χ4v) is 5.59. The van der Waals surface area contributed by atoms with E-state index < -0.39 is 0 Å². The van der Waals surface area contributed by atoms with Gasteiger partial charge in [-0.05, 0) is 61.4 Å². The van der Waals surface area contributed by atoms with Gasteiger partial charge in [0.25, 0.3) is 0 Å². The maximum Gasteiger partial charge on any atom is 0.246 e. The molecule has 0 aliphatic carbocycles. The highest BCUT2D eigenvalue weighted by molar-refractivity contribution is 7.19. The number of rotatable bonds is 5. The number of fused-ring (bicyclic) bond motifs is 3. The van der Waals surface area contributed by atoms with Crippen LogP contribution in [0.5, 0.6) is 11.5 Å². The fourth-order valence-electron chi connectivity index (χ4n) is 4.31. The molecule has 0 fully saturated rings. The topological polar surface area (TPSA) is 80.2 Å². The molecule has 5 rings (SSSR count). The normalized spacial score (nSPS) is 15.1. The van der Waals surface area contributed by atoms with Gasteiger partial charge in [-0.15, -0.1) is 11.3 Å². The van der Waals surface area contributed by atoms with Crippen LogP contribution in [0, 0.1) is 13.8 Å². The Bertz CT molecular complexity index is 1400. The summed E-state index contributed by atoms with van der Waals surface area (Å²) in [4.78, 5) is 29.5. The monoisotopic (exact) mass is 471 g/mol. The first kappa shape index (κ1) is 22.0. The van der Waals surface area contributed by atoms with Crippen LogP contribution in [0.25, 0.3) is 10.2 Å². The number of amides is 1. The van der Waals surface area contributed by atoms with Crippen LogP contribution in [-0.2, 0) is 11.3 Å². The van der Waals surface area contributed by atoms with Gasteiger partial charge in [0, 0.05) is 28.7 Å². The summed E-state index contributed by atoms with van der Waals surface area (Å²) in [6, 6.07) is 9.80.